The lowest BCUT2D eigenvalue weighted by Gasteiger charge is -2.25. The molecule has 0 radical (unpaired) electrons. The van der Waals surface area contributed by atoms with E-state index in [2.05, 4.69) is 51.7 Å². The zero-order valence-electron chi connectivity index (χ0n) is 14.9. The van der Waals surface area contributed by atoms with Crippen LogP contribution >= 0.6 is 0 Å². The summed E-state index contributed by atoms with van der Waals surface area (Å²) < 4.78 is 1.95. The van der Waals surface area contributed by atoms with E-state index in [4.69, 9.17) is 0 Å². The summed E-state index contributed by atoms with van der Waals surface area (Å²) in [4.78, 5) is 18.9. The Hall–Kier alpha value is -3.02. The quantitative estimate of drug-likeness (QED) is 0.744. The second-order valence-electron chi connectivity index (χ2n) is 6.68. The number of nitrogens with one attached hydrogen (secondary N) is 2. The van der Waals surface area contributed by atoms with E-state index < -0.39 is 0 Å². The van der Waals surface area contributed by atoms with Crippen molar-refractivity contribution in [3.05, 3.63) is 66.1 Å². The number of hydrogen-bond acceptors (Lipinski definition) is 3. The zero-order chi connectivity index (χ0) is 17.9. The number of para-hydroxylation sites is 1. The van der Waals surface area contributed by atoms with Crippen molar-refractivity contribution in [1.82, 2.24) is 20.0 Å². The normalized spacial score (nSPS) is 15.9. The van der Waals surface area contributed by atoms with Crippen LogP contribution in [0.4, 0.5) is 10.5 Å². The largest absolute Gasteiger partial charge is 0.367 e. The molecular formula is C20H23N5O. The van der Waals surface area contributed by atoms with Gasteiger partial charge in [-0.25, -0.2) is 9.78 Å². The SMILES string of the molecule is C[C@@H]1Cc2ccccc2N1CCNC(=O)NCc1cn2ccccc2n1. The minimum atomic E-state index is -0.165. The fourth-order valence-corrected chi connectivity index (χ4v) is 3.57. The number of benzene rings is 1. The Morgan fingerprint density at radius 2 is 2.04 bits per heavy atom. The number of amides is 2. The second-order valence-corrected chi connectivity index (χ2v) is 6.68. The van der Waals surface area contributed by atoms with Crippen molar-refractivity contribution in [2.24, 2.45) is 0 Å². The summed E-state index contributed by atoms with van der Waals surface area (Å²) in [5.41, 5.74) is 4.39. The van der Waals surface area contributed by atoms with E-state index in [1.807, 2.05) is 35.0 Å². The van der Waals surface area contributed by atoms with Gasteiger partial charge < -0.3 is 19.9 Å². The van der Waals surface area contributed by atoms with Crippen molar-refractivity contribution in [2.75, 3.05) is 18.0 Å². The molecule has 2 amide bonds. The molecule has 0 spiro atoms. The van der Waals surface area contributed by atoms with E-state index in [1.54, 1.807) is 0 Å². The number of nitrogens with zero attached hydrogens (tertiary/aromatic N) is 3. The van der Waals surface area contributed by atoms with Crippen LogP contribution in [0.2, 0.25) is 0 Å². The molecule has 3 heterocycles. The number of urea groups is 1. The number of carbonyl (C=O) groups is 1. The molecule has 2 aromatic heterocycles. The van der Waals surface area contributed by atoms with Gasteiger partial charge in [0.15, 0.2) is 0 Å². The predicted molar refractivity (Wildman–Crippen MR) is 102 cm³/mol. The summed E-state index contributed by atoms with van der Waals surface area (Å²) in [7, 11) is 0. The lowest BCUT2D eigenvalue weighted by Crippen LogP contribution is -2.41. The summed E-state index contributed by atoms with van der Waals surface area (Å²) >= 11 is 0. The first-order chi connectivity index (χ1) is 12.7. The molecule has 0 saturated carbocycles. The maximum atomic E-state index is 12.1. The Kier molecular flexibility index (Phi) is 4.48. The fraction of sp³-hybridized carbons (Fsp3) is 0.300. The summed E-state index contributed by atoms with van der Waals surface area (Å²) in [6.07, 6.45) is 4.94. The minimum Gasteiger partial charge on any atom is -0.367 e. The average Bonchev–Trinajstić information content (AvgIpc) is 3.20. The Labute approximate surface area is 152 Å². The predicted octanol–water partition coefficient (Wildman–Crippen LogP) is 2.58. The maximum absolute atomic E-state index is 12.1. The van der Waals surface area contributed by atoms with E-state index >= 15 is 0 Å². The standard InChI is InChI=1S/C20H23N5O/c1-15-12-16-6-2-3-7-18(16)25(15)11-9-21-20(26)22-13-17-14-24-10-5-4-8-19(24)23-17/h2-8,10,14-15H,9,11-13H2,1H3,(H2,21,22,26)/t15-/m1/s1. The van der Waals surface area contributed by atoms with E-state index in [0.29, 0.717) is 19.1 Å². The Balaban J connectivity index is 1.25. The van der Waals surface area contributed by atoms with Crippen LogP contribution < -0.4 is 15.5 Å². The molecule has 0 fully saturated rings. The van der Waals surface area contributed by atoms with Gasteiger partial charge in [0, 0.05) is 37.2 Å². The number of carbonyl (C=O) groups excluding carboxylic acids is 1. The van der Waals surface area contributed by atoms with Crippen LogP contribution in [-0.4, -0.2) is 34.5 Å². The monoisotopic (exact) mass is 349 g/mol. The van der Waals surface area contributed by atoms with Gasteiger partial charge in [-0.15, -0.1) is 0 Å². The number of pyridine rings is 1. The first kappa shape index (κ1) is 16.4. The minimum absolute atomic E-state index is 0.165. The van der Waals surface area contributed by atoms with E-state index in [-0.39, 0.29) is 6.03 Å². The number of aromatic nitrogens is 2. The third kappa shape index (κ3) is 3.35. The van der Waals surface area contributed by atoms with Gasteiger partial charge in [-0.2, -0.15) is 0 Å². The average molecular weight is 349 g/mol. The molecule has 6 nitrogen and oxygen atoms in total. The number of rotatable bonds is 5. The van der Waals surface area contributed by atoms with Crippen molar-refractivity contribution in [3.8, 4) is 0 Å². The van der Waals surface area contributed by atoms with Crippen LogP contribution in [-0.2, 0) is 13.0 Å². The van der Waals surface area contributed by atoms with E-state index in [1.165, 1.54) is 11.3 Å². The van der Waals surface area contributed by atoms with Crippen LogP contribution in [0.15, 0.2) is 54.9 Å². The smallest absolute Gasteiger partial charge is 0.315 e. The van der Waals surface area contributed by atoms with Crippen LogP contribution in [0.1, 0.15) is 18.2 Å². The van der Waals surface area contributed by atoms with Gasteiger partial charge in [0.2, 0.25) is 0 Å². The molecule has 1 atom stereocenters. The van der Waals surface area contributed by atoms with E-state index in [9.17, 15) is 4.79 Å². The summed E-state index contributed by atoms with van der Waals surface area (Å²) in [5.74, 6) is 0. The summed E-state index contributed by atoms with van der Waals surface area (Å²) in [5, 5.41) is 5.81. The first-order valence-corrected chi connectivity index (χ1v) is 8.99. The highest BCUT2D eigenvalue weighted by Crippen LogP contribution is 2.31. The molecule has 134 valence electrons. The van der Waals surface area contributed by atoms with Crippen molar-refractivity contribution >= 4 is 17.4 Å². The van der Waals surface area contributed by atoms with Gasteiger partial charge >= 0.3 is 6.03 Å². The van der Waals surface area contributed by atoms with Crippen LogP contribution in [0, 0.1) is 0 Å². The molecule has 0 bridgehead atoms. The van der Waals surface area contributed by atoms with Gasteiger partial charge in [-0.1, -0.05) is 24.3 Å². The van der Waals surface area contributed by atoms with Crippen molar-refractivity contribution < 1.29 is 4.79 Å². The maximum Gasteiger partial charge on any atom is 0.315 e. The Morgan fingerprint density at radius 3 is 2.92 bits per heavy atom. The molecule has 26 heavy (non-hydrogen) atoms. The van der Waals surface area contributed by atoms with Gasteiger partial charge in [-0.3, -0.25) is 0 Å². The highest BCUT2D eigenvalue weighted by atomic mass is 16.2. The molecule has 0 unspecified atom stereocenters. The third-order valence-corrected chi connectivity index (χ3v) is 4.83. The summed E-state index contributed by atoms with van der Waals surface area (Å²) in [6, 6.07) is 14.6. The number of imidazole rings is 1. The molecule has 4 rings (SSSR count). The topological polar surface area (TPSA) is 61.7 Å². The fourth-order valence-electron chi connectivity index (χ4n) is 3.57. The van der Waals surface area contributed by atoms with Crippen molar-refractivity contribution in [3.63, 3.8) is 0 Å². The lowest BCUT2D eigenvalue weighted by atomic mass is 10.1. The van der Waals surface area contributed by atoms with Crippen molar-refractivity contribution in [2.45, 2.75) is 25.9 Å². The second kappa shape index (κ2) is 7.07. The number of fused-ring (bicyclic) bond motifs is 2. The van der Waals surface area contributed by atoms with Crippen molar-refractivity contribution in [1.29, 1.82) is 0 Å². The molecule has 1 aliphatic rings. The molecule has 6 heteroatoms. The zero-order valence-corrected chi connectivity index (χ0v) is 14.9. The Bertz CT molecular complexity index is 886. The molecule has 3 aromatic rings. The molecule has 1 aliphatic heterocycles. The van der Waals surface area contributed by atoms with Crippen LogP contribution in [0.5, 0.6) is 0 Å². The number of anilines is 1. The summed E-state index contributed by atoms with van der Waals surface area (Å²) in [6.45, 7) is 4.05. The van der Waals surface area contributed by atoms with Gasteiger partial charge in [-0.05, 0) is 37.1 Å². The lowest BCUT2D eigenvalue weighted by molar-refractivity contribution is 0.240. The highest BCUT2D eigenvalue weighted by Gasteiger charge is 2.24. The van der Waals surface area contributed by atoms with Gasteiger partial charge in [0.05, 0.1) is 12.2 Å². The molecule has 1 aromatic carbocycles. The van der Waals surface area contributed by atoms with Gasteiger partial charge in [0.25, 0.3) is 0 Å². The Morgan fingerprint density at radius 1 is 1.19 bits per heavy atom. The third-order valence-electron chi connectivity index (χ3n) is 4.83. The van der Waals surface area contributed by atoms with E-state index in [0.717, 1.165) is 24.3 Å². The molecular weight excluding hydrogens is 326 g/mol. The van der Waals surface area contributed by atoms with Crippen LogP contribution in [0.25, 0.3) is 5.65 Å². The first-order valence-electron chi connectivity index (χ1n) is 8.99. The molecule has 2 N–H and O–H groups in total. The van der Waals surface area contributed by atoms with Crippen LogP contribution in [0.3, 0.4) is 0 Å². The molecule has 0 aliphatic carbocycles. The highest BCUT2D eigenvalue weighted by molar-refractivity contribution is 5.73. The molecule has 0 saturated heterocycles. The van der Waals surface area contributed by atoms with Gasteiger partial charge in [0.1, 0.15) is 5.65 Å². The number of hydrogen-bond donors (Lipinski definition) is 2.